The number of benzene rings is 1. The van der Waals surface area contributed by atoms with E-state index in [1.165, 1.54) is 12.1 Å². The first-order chi connectivity index (χ1) is 8.00. The Balaban J connectivity index is 2.52. The molecule has 4 heteroatoms. The molecule has 0 spiro atoms. The summed E-state index contributed by atoms with van der Waals surface area (Å²) in [4.78, 5) is 11.7. The highest BCUT2D eigenvalue weighted by Crippen LogP contribution is 2.16. The fourth-order valence-electron chi connectivity index (χ4n) is 1.48. The number of carbonyl (C=O) groups is 1. The first-order valence-electron chi connectivity index (χ1n) is 5.72. The lowest BCUT2D eigenvalue weighted by Gasteiger charge is -2.13. The molecule has 0 aromatic heterocycles. The molecule has 94 valence electrons. The quantitative estimate of drug-likeness (QED) is 0.823. The largest absolute Gasteiger partial charge is 0.393 e. The van der Waals surface area contributed by atoms with E-state index < -0.39 is 6.10 Å². The van der Waals surface area contributed by atoms with Crippen LogP contribution in [0.25, 0.3) is 0 Å². The topological polar surface area (TPSA) is 49.3 Å². The van der Waals surface area contributed by atoms with Gasteiger partial charge in [0.1, 0.15) is 5.82 Å². The summed E-state index contributed by atoms with van der Waals surface area (Å²) >= 11 is 0. The van der Waals surface area contributed by atoms with E-state index in [1.807, 2.05) is 0 Å². The summed E-state index contributed by atoms with van der Waals surface area (Å²) in [6, 6.07) is 6.02. The molecule has 3 nitrogen and oxygen atoms in total. The van der Waals surface area contributed by atoms with Crippen LogP contribution in [0.1, 0.15) is 31.7 Å². The Hall–Kier alpha value is -1.42. The van der Waals surface area contributed by atoms with Crippen molar-refractivity contribution in [3.05, 3.63) is 35.6 Å². The second-order valence-corrected chi connectivity index (χ2v) is 4.21. The van der Waals surface area contributed by atoms with Gasteiger partial charge in [0, 0.05) is 6.54 Å². The number of halogens is 1. The molecule has 0 fully saturated rings. The van der Waals surface area contributed by atoms with Gasteiger partial charge in [-0.3, -0.25) is 4.79 Å². The highest BCUT2D eigenvalue weighted by molar-refractivity contribution is 5.83. The lowest BCUT2D eigenvalue weighted by Crippen LogP contribution is -2.30. The molecule has 0 radical (unpaired) electrons. The van der Waals surface area contributed by atoms with Crippen LogP contribution in [0, 0.1) is 5.82 Å². The lowest BCUT2D eigenvalue weighted by atomic mass is 10.0. The number of aliphatic hydroxyl groups is 1. The van der Waals surface area contributed by atoms with Gasteiger partial charge in [-0.05, 0) is 38.0 Å². The molecule has 0 aliphatic heterocycles. The van der Waals surface area contributed by atoms with E-state index in [0.29, 0.717) is 18.5 Å². The maximum Gasteiger partial charge on any atom is 0.227 e. The molecule has 1 aromatic rings. The molecule has 2 N–H and O–H groups in total. The van der Waals surface area contributed by atoms with E-state index in [1.54, 1.807) is 26.0 Å². The van der Waals surface area contributed by atoms with Crippen molar-refractivity contribution in [2.75, 3.05) is 6.54 Å². The van der Waals surface area contributed by atoms with Crippen molar-refractivity contribution in [3.63, 3.8) is 0 Å². The van der Waals surface area contributed by atoms with Crippen molar-refractivity contribution in [2.45, 2.75) is 32.3 Å². The van der Waals surface area contributed by atoms with Crippen molar-refractivity contribution in [2.24, 2.45) is 0 Å². The van der Waals surface area contributed by atoms with Crippen LogP contribution in [0.3, 0.4) is 0 Å². The summed E-state index contributed by atoms with van der Waals surface area (Å²) in [7, 11) is 0. The van der Waals surface area contributed by atoms with E-state index in [9.17, 15) is 9.18 Å². The monoisotopic (exact) mass is 239 g/mol. The maximum absolute atomic E-state index is 13.0. The molecule has 2 atom stereocenters. The van der Waals surface area contributed by atoms with Gasteiger partial charge in [-0.25, -0.2) is 4.39 Å². The van der Waals surface area contributed by atoms with Crippen LogP contribution in [0.2, 0.25) is 0 Å². The second kappa shape index (κ2) is 6.35. The molecule has 17 heavy (non-hydrogen) atoms. The zero-order valence-corrected chi connectivity index (χ0v) is 10.1. The van der Waals surface area contributed by atoms with Crippen molar-refractivity contribution in [3.8, 4) is 0 Å². The average molecular weight is 239 g/mol. The minimum absolute atomic E-state index is 0.156. The third kappa shape index (κ3) is 4.53. The predicted molar refractivity (Wildman–Crippen MR) is 64.1 cm³/mol. The fraction of sp³-hybridized carbons (Fsp3) is 0.462. The van der Waals surface area contributed by atoms with E-state index in [0.717, 1.165) is 0 Å². The van der Waals surface area contributed by atoms with E-state index in [2.05, 4.69) is 5.32 Å². The van der Waals surface area contributed by atoms with Crippen LogP contribution < -0.4 is 5.32 Å². The fourth-order valence-corrected chi connectivity index (χ4v) is 1.48. The number of aliphatic hydroxyl groups excluding tert-OH is 1. The van der Waals surface area contributed by atoms with Gasteiger partial charge in [-0.15, -0.1) is 0 Å². The van der Waals surface area contributed by atoms with Gasteiger partial charge >= 0.3 is 0 Å². The number of hydrogen-bond acceptors (Lipinski definition) is 2. The van der Waals surface area contributed by atoms with Crippen LogP contribution in [-0.4, -0.2) is 23.7 Å². The SMILES string of the molecule is CC(O)CCNC(=O)C(C)c1cccc(F)c1. The lowest BCUT2D eigenvalue weighted by molar-refractivity contribution is -0.122. The van der Waals surface area contributed by atoms with E-state index >= 15 is 0 Å². The Morgan fingerprint density at radius 1 is 1.47 bits per heavy atom. The maximum atomic E-state index is 13.0. The molecule has 0 saturated carbocycles. The van der Waals surface area contributed by atoms with Crippen molar-refractivity contribution < 1.29 is 14.3 Å². The summed E-state index contributed by atoms with van der Waals surface area (Å²) in [5.41, 5.74) is 0.652. The molecule has 0 heterocycles. The Morgan fingerprint density at radius 3 is 2.76 bits per heavy atom. The third-order valence-electron chi connectivity index (χ3n) is 2.60. The Kier molecular flexibility index (Phi) is 5.10. The van der Waals surface area contributed by atoms with Gasteiger partial charge in [0.2, 0.25) is 5.91 Å². The first kappa shape index (κ1) is 13.6. The standard InChI is InChI=1S/C13H18FNO2/c1-9(16)6-7-15-13(17)10(2)11-4-3-5-12(14)8-11/h3-5,8-10,16H,6-7H2,1-2H3,(H,15,17). The first-order valence-corrected chi connectivity index (χ1v) is 5.72. The van der Waals surface area contributed by atoms with Gasteiger partial charge in [0.15, 0.2) is 0 Å². The Morgan fingerprint density at radius 2 is 2.18 bits per heavy atom. The summed E-state index contributed by atoms with van der Waals surface area (Å²) in [6.07, 6.45) is 0.0847. The van der Waals surface area contributed by atoms with Gasteiger partial charge in [-0.1, -0.05) is 12.1 Å². The summed E-state index contributed by atoms with van der Waals surface area (Å²) in [5, 5.41) is 11.8. The van der Waals surface area contributed by atoms with Crippen LogP contribution in [0.15, 0.2) is 24.3 Å². The Labute approximate surface area is 101 Å². The van der Waals surface area contributed by atoms with Gasteiger partial charge in [-0.2, -0.15) is 0 Å². The second-order valence-electron chi connectivity index (χ2n) is 4.21. The minimum atomic E-state index is -0.431. The number of amides is 1. The van der Waals surface area contributed by atoms with Gasteiger partial charge in [0.05, 0.1) is 12.0 Å². The molecule has 1 aromatic carbocycles. The van der Waals surface area contributed by atoms with Crippen molar-refractivity contribution in [1.82, 2.24) is 5.32 Å². The number of hydrogen-bond donors (Lipinski definition) is 2. The number of carbonyl (C=O) groups excluding carboxylic acids is 1. The highest BCUT2D eigenvalue weighted by Gasteiger charge is 2.15. The van der Waals surface area contributed by atoms with Gasteiger partial charge < -0.3 is 10.4 Å². The summed E-state index contributed by atoms with van der Waals surface area (Å²) in [6.45, 7) is 3.82. The van der Waals surface area contributed by atoms with Crippen LogP contribution in [0.4, 0.5) is 4.39 Å². The van der Waals surface area contributed by atoms with Crippen molar-refractivity contribution in [1.29, 1.82) is 0 Å². The van der Waals surface area contributed by atoms with E-state index in [4.69, 9.17) is 5.11 Å². The third-order valence-corrected chi connectivity index (χ3v) is 2.60. The molecule has 0 aliphatic rings. The Bertz CT molecular complexity index is 379. The predicted octanol–water partition coefficient (Wildman–Crippen LogP) is 1.82. The van der Waals surface area contributed by atoms with Crippen molar-refractivity contribution >= 4 is 5.91 Å². The molecule has 1 amide bonds. The number of rotatable bonds is 5. The number of nitrogens with one attached hydrogen (secondary N) is 1. The summed E-state index contributed by atoms with van der Waals surface area (Å²) < 4.78 is 13.0. The minimum Gasteiger partial charge on any atom is -0.393 e. The van der Waals surface area contributed by atoms with Crippen LogP contribution in [0.5, 0.6) is 0 Å². The van der Waals surface area contributed by atoms with Gasteiger partial charge in [0.25, 0.3) is 0 Å². The molecule has 1 rings (SSSR count). The molecule has 2 unspecified atom stereocenters. The van der Waals surface area contributed by atoms with Crippen LogP contribution in [-0.2, 0) is 4.79 Å². The normalized spacial score (nSPS) is 14.1. The smallest absolute Gasteiger partial charge is 0.227 e. The van der Waals surface area contributed by atoms with Crippen LogP contribution >= 0.6 is 0 Å². The molecular formula is C13H18FNO2. The summed E-state index contributed by atoms with van der Waals surface area (Å²) in [5.74, 6) is -0.887. The zero-order valence-electron chi connectivity index (χ0n) is 10.1. The zero-order chi connectivity index (χ0) is 12.8. The average Bonchev–Trinajstić information content (AvgIpc) is 2.27. The molecular weight excluding hydrogens is 221 g/mol. The molecule has 0 bridgehead atoms. The highest BCUT2D eigenvalue weighted by atomic mass is 19.1. The molecule has 0 saturated heterocycles. The molecule has 0 aliphatic carbocycles. The van der Waals surface area contributed by atoms with E-state index in [-0.39, 0.29) is 17.6 Å².